The van der Waals surface area contributed by atoms with E-state index >= 15 is 0 Å². The average molecular weight is 483 g/mol. The number of aliphatic carboxylic acids is 1. The Balaban J connectivity index is 1.73. The number of carboxylic acids is 1. The molecule has 15 heteroatoms. The van der Waals surface area contributed by atoms with E-state index in [4.69, 9.17) is 14.7 Å². The maximum atomic E-state index is 12.9. The predicted octanol–water partition coefficient (Wildman–Crippen LogP) is -0.636. The lowest BCUT2D eigenvalue weighted by Gasteiger charge is -2.46. The van der Waals surface area contributed by atoms with Gasteiger partial charge in [-0.05, 0) is 6.92 Å². The summed E-state index contributed by atoms with van der Waals surface area (Å²) in [5.41, 5.74) is -0.191. The van der Waals surface area contributed by atoms with Crippen molar-refractivity contribution >= 4 is 64.1 Å². The number of β-lactam (4-membered cyclic amide) rings is 1. The summed E-state index contributed by atoms with van der Waals surface area (Å²) < 4.78 is 4.72. The highest BCUT2D eigenvalue weighted by Gasteiger charge is 2.50. The maximum absolute atomic E-state index is 12.9. The predicted molar refractivity (Wildman–Crippen MR) is 112 cm³/mol. The molecule has 2 aliphatic rings. The van der Waals surface area contributed by atoms with E-state index in [0.717, 1.165) is 11.3 Å². The minimum Gasteiger partial charge on any atom is -0.478 e. The minimum atomic E-state index is -1.12. The van der Waals surface area contributed by atoms with Crippen molar-refractivity contribution in [1.29, 1.82) is 0 Å². The number of nitrogens with zero attached hydrogens (tertiary/aromatic N) is 3. The molecule has 0 aromatic carbocycles. The van der Waals surface area contributed by atoms with Gasteiger partial charge < -0.3 is 30.2 Å². The number of aromatic nitrogens is 1. The van der Waals surface area contributed by atoms with Crippen LogP contribution in [0.5, 0.6) is 0 Å². The van der Waals surface area contributed by atoms with Gasteiger partial charge in [0.25, 0.3) is 11.8 Å². The van der Waals surface area contributed by atoms with Crippen LogP contribution in [-0.4, -0.2) is 81.2 Å². The quantitative estimate of drug-likeness (QED) is 0.128. The summed E-state index contributed by atoms with van der Waals surface area (Å²) >= 11 is 2.22. The number of hydrogen-bond donors (Lipinski definition) is 3. The van der Waals surface area contributed by atoms with Crippen LogP contribution < -0.4 is 10.6 Å². The molecule has 0 spiro atoms. The zero-order valence-corrected chi connectivity index (χ0v) is 18.1. The minimum absolute atomic E-state index is 0.0497. The molecule has 0 bridgehead atoms. The number of thioether (sulfide) groups is 1. The van der Waals surface area contributed by atoms with Gasteiger partial charge in [0.05, 0.1) is 12.2 Å². The van der Waals surface area contributed by atoms with E-state index in [1.165, 1.54) is 28.2 Å². The number of hydrogen-bond acceptors (Lipinski definition) is 11. The highest BCUT2D eigenvalue weighted by Crippen LogP contribution is 2.36. The zero-order chi connectivity index (χ0) is 23.3. The Kier molecular flexibility index (Phi) is 7.42. The molecule has 3 amide bonds. The molecule has 13 nitrogen and oxygen atoms in total. The second-order valence-electron chi connectivity index (χ2n) is 6.18. The number of carbonyl (C=O) groups excluding carboxylic acids is 4. The molecule has 3 rings (SSSR count). The van der Waals surface area contributed by atoms with Gasteiger partial charge in [-0.2, -0.15) is 0 Å². The van der Waals surface area contributed by atoms with Crippen LogP contribution in [0.1, 0.15) is 12.6 Å². The fourth-order valence-corrected chi connectivity index (χ4v) is 4.60. The van der Waals surface area contributed by atoms with E-state index in [0.29, 0.717) is 6.41 Å². The Morgan fingerprint density at radius 2 is 2.22 bits per heavy atom. The van der Waals surface area contributed by atoms with Gasteiger partial charge >= 0.3 is 11.9 Å². The van der Waals surface area contributed by atoms with Gasteiger partial charge in [-0.1, -0.05) is 5.16 Å². The third-order valence-electron chi connectivity index (χ3n) is 4.13. The Hall–Kier alpha value is -3.46. The standard InChI is InChI=1S/C17H17N5O8S2/c1-2-29-10(24)4-30-21-11(9-6-32-17(19-9)18-7-23)13(25)20-12-14(26)22-3-8(16(27)28)5-31-15(12)22/h3,6-7,12,15H,2,4-5H2,1H3,(H,20,25)(H,27,28)(H,18,19,23)/t12?,15-/m1/s1. The Morgan fingerprint density at radius 3 is 2.91 bits per heavy atom. The van der Waals surface area contributed by atoms with Crippen molar-refractivity contribution in [2.75, 3.05) is 24.3 Å². The molecule has 3 heterocycles. The van der Waals surface area contributed by atoms with Gasteiger partial charge in [0.1, 0.15) is 17.1 Å². The molecule has 170 valence electrons. The molecule has 3 N–H and O–H groups in total. The largest absolute Gasteiger partial charge is 0.478 e. The summed E-state index contributed by atoms with van der Waals surface area (Å²) in [6.07, 6.45) is 1.67. The topological polar surface area (TPSA) is 177 Å². The van der Waals surface area contributed by atoms with Crippen molar-refractivity contribution in [2.45, 2.75) is 18.3 Å². The normalized spacial score (nSPS) is 19.8. The van der Waals surface area contributed by atoms with E-state index in [1.54, 1.807) is 6.92 Å². The third-order valence-corrected chi connectivity index (χ3v) is 6.23. The molecule has 1 saturated heterocycles. The zero-order valence-electron chi connectivity index (χ0n) is 16.5. The summed E-state index contributed by atoms with van der Waals surface area (Å²) in [5.74, 6) is -2.92. The van der Waals surface area contributed by atoms with E-state index < -0.39 is 41.8 Å². The lowest BCUT2D eigenvalue weighted by atomic mass is 10.1. The number of carboxylic acid groups (broad SMARTS) is 1. The highest BCUT2D eigenvalue weighted by atomic mass is 32.2. The van der Waals surface area contributed by atoms with Crippen LogP contribution in [0, 0.1) is 0 Å². The number of oxime groups is 1. The lowest BCUT2D eigenvalue weighted by Crippen LogP contribution is -2.69. The lowest BCUT2D eigenvalue weighted by molar-refractivity contribution is -0.148. The van der Waals surface area contributed by atoms with Gasteiger partial charge in [-0.25, -0.2) is 14.6 Å². The van der Waals surface area contributed by atoms with Crippen LogP contribution in [0.25, 0.3) is 0 Å². The SMILES string of the molecule is CCOC(=O)CON=C(C(=O)NC1C(=O)N2C=C(C(=O)O)CS[C@H]12)c1csc(NC=O)n1. The summed E-state index contributed by atoms with van der Waals surface area (Å²) in [4.78, 5) is 68.6. The molecule has 2 atom stereocenters. The van der Waals surface area contributed by atoms with Crippen LogP contribution >= 0.6 is 23.1 Å². The molecular weight excluding hydrogens is 466 g/mol. The average Bonchev–Trinajstić information content (AvgIpc) is 3.22. The van der Waals surface area contributed by atoms with Crippen molar-refractivity contribution in [3.05, 3.63) is 22.8 Å². The van der Waals surface area contributed by atoms with Crippen molar-refractivity contribution < 1.29 is 38.7 Å². The molecule has 1 fully saturated rings. The number of anilines is 1. The molecule has 0 radical (unpaired) electrons. The first-order valence-corrected chi connectivity index (χ1v) is 11.0. The van der Waals surface area contributed by atoms with Crippen molar-refractivity contribution in [3.63, 3.8) is 0 Å². The van der Waals surface area contributed by atoms with Gasteiger partial charge in [-0.15, -0.1) is 23.1 Å². The summed E-state index contributed by atoms with van der Waals surface area (Å²) in [5, 5.41) is 18.8. The van der Waals surface area contributed by atoms with E-state index in [2.05, 4.69) is 20.8 Å². The first-order valence-electron chi connectivity index (χ1n) is 9.06. The number of fused-ring (bicyclic) bond motifs is 1. The van der Waals surface area contributed by atoms with Gasteiger partial charge in [0.15, 0.2) is 10.8 Å². The molecule has 32 heavy (non-hydrogen) atoms. The number of carbonyl (C=O) groups is 5. The second-order valence-corrected chi connectivity index (χ2v) is 8.14. The van der Waals surface area contributed by atoms with E-state index in [-0.39, 0.29) is 34.5 Å². The Labute approximate surface area is 188 Å². The van der Waals surface area contributed by atoms with Crippen molar-refractivity contribution in [3.8, 4) is 0 Å². The summed E-state index contributed by atoms with van der Waals surface area (Å²) in [6.45, 7) is 1.21. The molecule has 0 saturated carbocycles. The molecule has 2 aliphatic heterocycles. The molecular formula is C17H17N5O8S2. The number of thiazole rings is 1. The van der Waals surface area contributed by atoms with Crippen LogP contribution in [0.3, 0.4) is 0 Å². The second kappa shape index (κ2) is 10.2. The fourth-order valence-electron chi connectivity index (χ4n) is 2.70. The van der Waals surface area contributed by atoms with Crippen LogP contribution in [0.15, 0.2) is 22.3 Å². The van der Waals surface area contributed by atoms with Crippen LogP contribution in [0.2, 0.25) is 0 Å². The van der Waals surface area contributed by atoms with E-state index in [9.17, 15) is 24.0 Å². The molecule has 0 aliphatic carbocycles. The third kappa shape index (κ3) is 5.05. The number of rotatable bonds is 10. The summed E-state index contributed by atoms with van der Waals surface area (Å²) in [6, 6.07) is -0.916. The Morgan fingerprint density at radius 1 is 1.44 bits per heavy atom. The monoisotopic (exact) mass is 483 g/mol. The first-order chi connectivity index (χ1) is 15.3. The smallest absolute Gasteiger partial charge is 0.347 e. The maximum Gasteiger partial charge on any atom is 0.347 e. The summed E-state index contributed by atoms with van der Waals surface area (Å²) in [7, 11) is 0. The number of esters is 1. The fraction of sp³-hybridized carbons (Fsp3) is 0.353. The highest BCUT2D eigenvalue weighted by molar-refractivity contribution is 8.00. The number of amides is 3. The van der Waals surface area contributed by atoms with Crippen LogP contribution in [-0.2, 0) is 33.5 Å². The first kappa shape index (κ1) is 23.2. The number of ether oxygens (including phenoxy) is 1. The molecule has 1 aromatic heterocycles. The van der Waals surface area contributed by atoms with Gasteiger partial charge in [0, 0.05) is 17.3 Å². The molecule has 1 aromatic rings. The number of nitrogens with one attached hydrogen (secondary N) is 2. The Bertz CT molecular complexity index is 1010. The van der Waals surface area contributed by atoms with Gasteiger partial charge in [-0.3, -0.25) is 14.4 Å². The van der Waals surface area contributed by atoms with Gasteiger partial charge in [0.2, 0.25) is 13.0 Å². The van der Waals surface area contributed by atoms with Crippen LogP contribution in [0.4, 0.5) is 5.13 Å². The van der Waals surface area contributed by atoms with Crippen molar-refractivity contribution in [1.82, 2.24) is 15.2 Å². The van der Waals surface area contributed by atoms with E-state index in [1.807, 2.05) is 0 Å². The van der Waals surface area contributed by atoms with Crippen molar-refractivity contribution in [2.24, 2.45) is 5.16 Å². The molecule has 1 unspecified atom stereocenters.